The summed E-state index contributed by atoms with van der Waals surface area (Å²) >= 11 is 5.75. The molecule has 24 heavy (non-hydrogen) atoms. The summed E-state index contributed by atoms with van der Waals surface area (Å²) in [6, 6.07) is 3.81. The van der Waals surface area contributed by atoms with E-state index in [1.54, 1.807) is 0 Å². The van der Waals surface area contributed by atoms with E-state index in [-0.39, 0.29) is 27.1 Å². The van der Waals surface area contributed by atoms with Gasteiger partial charge in [-0.3, -0.25) is 10.1 Å². The molecule has 0 aliphatic heterocycles. The monoisotopic (exact) mass is 350 g/mol. The van der Waals surface area contributed by atoms with Gasteiger partial charge in [-0.05, 0) is 42.7 Å². The van der Waals surface area contributed by atoms with E-state index in [1.807, 2.05) is 0 Å². The van der Waals surface area contributed by atoms with Crippen molar-refractivity contribution in [3.8, 4) is 0 Å². The first kappa shape index (κ1) is 16.9. The van der Waals surface area contributed by atoms with Gasteiger partial charge in [0.25, 0.3) is 5.69 Å². The molecule has 2 saturated carbocycles. The van der Waals surface area contributed by atoms with Crippen LogP contribution in [0.2, 0.25) is 5.02 Å². The number of nitro groups is 1. The zero-order valence-electron chi connectivity index (χ0n) is 13.8. The Balaban J connectivity index is 1.80. The summed E-state index contributed by atoms with van der Waals surface area (Å²) in [4.78, 5) is 27.5. The molecular weight excluding hydrogens is 332 g/mol. The Morgan fingerprint density at radius 2 is 2.12 bits per heavy atom. The predicted octanol–water partition coefficient (Wildman–Crippen LogP) is 4.61. The van der Waals surface area contributed by atoms with Crippen LogP contribution in [-0.4, -0.2) is 16.6 Å². The summed E-state index contributed by atoms with van der Waals surface area (Å²) in [5.41, 5.74) is 0.705. The first-order valence-corrected chi connectivity index (χ1v) is 8.27. The SMILES string of the molecule is CC1(C)[C@@H]2CC[C@]1(C)/C(=N\OC(=O)c1ccc(Cl)c([N+](=O)[O-])c1)C2. The van der Waals surface area contributed by atoms with Crippen molar-refractivity contribution in [1.29, 1.82) is 0 Å². The number of benzene rings is 1. The lowest BCUT2D eigenvalue weighted by atomic mass is 9.70. The summed E-state index contributed by atoms with van der Waals surface area (Å²) in [5, 5.41) is 15.0. The Morgan fingerprint density at radius 3 is 2.67 bits per heavy atom. The van der Waals surface area contributed by atoms with E-state index in [9.17, 15) is 14.9 Å². The van der Waals surface area contributed by atoms with Crippen LogP contribution in [0.1, 0.15) is 50.4 Å². The molecule has 0 heterocycles. The Bertz CT molecular complexity index is 759. The smallest absolute Gasteiger partial charge is 0.313 e. The van der Waals surface area contributed by atoms with Crippen LogP contribution in [-0.2, 0) is 4.84 Å². The van der Waals surface area contributed by atoms with Gasteiger partial charge in [-0.25, -0.2) is 4.79 Å². The van der Waals surface area contributed by atoms with Gasteiger partial charge in [-0.2, -0.15) is 0 Å². The third-order valence-electron chi connectivity index (χ3n) is 6.13. The zero-order valence-corrected chi connectivity index (χ0v) is 14.6. The lowest BCUT2D eigenvalue weighted by Crippen LogP contribution is -2.32. The number of oxime groups is 1. The van der Waals surface area contributed by atoms with Gasteiger partial charge >= 0.3 is 5.97 Å². The molecule has 2 fully saturated rings. The summed E-state index contributed by atoms with van der Waals surface area (Å²) < 4.78 is 0. The van der Waals surface area contributed by atoms with Crippen molar-refractivity contribution in [3.05, 3.63) is 38.9 Å². The maximum absolute atomic E-state index is 12.2. The van der Waals surface area contributed by atoms with E-state index in [0.717, 1.165) is 24.6 Å². The number of fused-ring (bicyclic) bond motifs is 2. The molecule has 0 N–H and O–H groups in total. The van der Waals surface area contributed by atoms with Crippen LogP contribution in [0.5, 0.6) is 0 Å². The fourth-order valence-electron chi connectivity index (χ4n) is 4.00. The molecule has 0 saturated heterocycles. The molecule has 128 valence electrons. The molecule has 7 heteroatoms. The number of nitro benzene ring substituents is 1. The molecule has 0 amide bonds. The first-order chi connectivity index (χ1) is 11.2. The van der Waals surface area contributed by atoms with Gasteiger partial charge in [0.05, 0.1) is 16.2 Å². The van der Waals surface area contributed by atoms with Crippen molar-refractivity contribution in [1.82, 2.24) is 0 Å². The van der Waals surface area contributed by atoms with Gasteiger partial charge in [-0.15, -0.1) is 0 Å². The highest BCUT2D eigenvalue weighted by Gasteiger charge is 2.60. The molecule has 6 nitrogen and oxygen atoms in total. The van der Waals surface area contributed by atoms with Crippen molar-refractivity contribution >= 4 is 29.0 Å². The minimum atomic E-state index is -0.716. The second-order valence-corrected chi connectivity index (χ2v) is 7.74. The first-order valence-electron chi connectivity index (χ1n) is 7.89. The zero-order chi connectivity index (χ0) is 17.7. The van der Waals surface area contributed by atoms with Crippen LogP contribution < -0.4 is 0 Å². The van der Waals surface area contributed by atoms with Crippen LogP contribution in [0.4, 0.5) is 5.69 Å². The fourth-order valence-corrected chi connectivity index (χ4v) is 4.18. The molecular formula is C17H19ClN2O4. The maximum Gasteiger partial charge on any atom is 0.365 e. The van der Waals surface area contributed by atoms with Crippen LogP contribution >= 0.6 is 11.6 Å². The van der Waals surface area contributed by atoms with Crippen LogP contribution in [0.25, 0.3) is 0 Å². The highest BCUT2D eigenvalue weighted by atomic mass is 35.5. The Kier molecular flexibility index (Phi) is 3.91. The van der Waals surface area contributed by atoms with Crippen molar-refractivity contribution in [2.24, 2.45) is 21.9 Å². The van der Waals surface area contributed by atoms with E-state index >= 15 is 0 Å². The van der Waals surface area contributed by atoms with Gasteiger partial charge in [-0.1, -0.05) is 37.5 Å². The molecule has 1 aromatic carbocycles. The highest BCUT2D eigenvalue weighted by Crippen LogP contribution is 2.64. The lowest BCUT2D eigenvalue weighted by molar-refractivity contribution is -0.384. The summed E-state index contributed by atoms with van der Waals surface area (Å²) in [7, 11) is 0. The van der Waals surface area contributed by atoms with E-state index in [1.165, 1.54) is 18.6 Å². The average Bonchev–Trinajstić information content (AvgIpc) is 2.85. The van der Waals surface area contributed by atoms with E-state index < -0.39 is 10.9 Å². The number of rotatable bonds is 3. The molecule has 0 aromatic heterocycles. The Labute approximate surface area is 145 Å². The Hall–Kier alpha value is -1.95. The molecule has 1 aromatic rings. The number of halogens is 1. The molecule has 0 spiro atoms. The molecule has 0 radical (unpaired) electrons. The van der Waals surface area contributed by atoms with Crippen LogP contribution in [0, 0.1) is 26.9 Å². The number of carbonyl (C=O) groups is 1. The molecule has 2 bridgehead atoms. The number of nitrogens with zero attached hydrogens (tertiary/aromatic N) is 2. The van der Waals surface area contributed by atoms with Gasteiger partial charge in [0.15, 0.2) is 0 Å². The van der Waals surface area contributed by atoms with E-state index in [4.69, 9.17) is 16.4 Å². The second kappa shape index (κ2) is 5.55. The van der Waals surface area contributed by atoms with Crippen LogP contribution in [0.3, 0.4) is 0 Å². The topological polar surface area (TPSA) is 81.8 Å². The summed E-state index contributed by atoms with van der Waals surface area (Å²) in [6.45, 7) is 6.63. The minimum Gasteiger partial charge on any atom is -0.313 e. The molecule has 2 aliphatic carbocycles. The minimum absolute atomic E-state index is 0.0229. The van der Waals surface area contributed by atoms with Crippen molar-refractivity contribution in [3.63, 3.8) is 0 Å². The lowest BCUT2D eigenvalue weighted by Gasteiger charge is -2.34. The third kappa shape index (κ3) is 2.40. The van der Waals surface area contributed by atoms with Gasteiger partial charge in [0.1, 0.15) is 5.02 Å². The average molecular weight is 351 g/mol. The summed E-state index contributed by atoms with van der Waals surface area (Å²) in [5.74, 6) is -0.164. The van der Waals surface area contributed by atoms with E-state index in [2.05, 4.69) is 25.9 Å². The number of carbonyl (C=O) groups excluding carboxylic acids is 1. The highest BCUT2D eigenvalue weighted by molar-refractivity contribution is 6.32. The quantitative estimate of drug-likeness (QED) is 0.453. The molecule has 0 unspecified atom stereocenters. The maximum atomic E-state index is 12.2. The molecule has 3 rings (SSSR count). The van der Waals surface area contributed by atoms with Crippen molar-refractivity contribution in [2.45, 2.75) is 40.0 Å². The second-order valence-electron chi connectivity index (χ2n) is 7.33. The summed E-state index contributed by atoms with van der Waals surface area (Å²) in [6.07, 6.45) is 3.03. The van der Waals surface area contributed by atoms with Gasteiger partial charge in [0.2, 0.25) is 0 Å². The molecule has 2 atom stereocenters. The molecule has 2 aliphatic rings. The third-order valence-corrected chi connectivity index (χ3v) is 6.45. The number of hydrogen-bond donors (Lipinski definition) is 0. The van der Waals surface area contributed by atoms with Crippen molar-refractivity contribution < 1.29 is 14.6 Å². The Morgan fingerprint density at radius 1 is 1.42 bits per heavy atom. The van der Waals surface area contributed by atoms with Gasteiger partial charge < -0.3 is 4.84 Å². The largest absolute Gasteiger partial charge is 0.365 e. The van der Waals surface area contributed by atoms with Gasteiger partial charge in [0, 0.05) is 11.5 Å². The number of hydrogen-bond acceptors (Lipinski definition) is 5. The van der Waals surface area contributed by atoms with E-state index in [0.29, 0.717) is 5.92 Å². The fraction of sp³-hybridized carbons (Fsp3) is 0.529. The normalized spacial score (nSPS) is 29.0. The van der Waals surface area contributed by atoms with Crippen molar-refractivity contribution in [2.75, 3.05) is 0 Å². The standard InChI is InChI=1S/C17H19ClN2O4/c1-16(2)11-6-7-17(16,3)14(9-11)19-24-15(21)10-4-5-12(18)13(8-10)20(22)23/h4-5,8,11H,6-7,9H2,1-3H3/b19-14-/t11-,17-/m1/s1. The van der Waals surface area contributed by atoms with Crippen LogP contribution in [0.15, 0.2) is 23.4 Å². The predicted molar refractivity (Wildman–Crippen MR) is 90.2 cm³/mol.